The van der Waals surface area contributed by atoms with E-state index in [-0.39, 0.29) is 18.8 Å². The molecule has 0 heterocycles. The standard InChI is InChI=1S/C27H34N4O4S/c1-18-13-19(2)15-21(14-18)23(24(32)29-16-20-9-7-6-8-10-20)31(12-11-28)25(33)22(17-36)30-26(34)35-27(3,4)5/h6-10,13-15,22-23,36H,12,16-17H2,1-5H3,(H,29,32)(H,30,34). The van der Waals surface area contributed by atoms with E-state index in [1.807, 2.05) is 68.4 Å². The minimum atomic E-state index is -1.10. The van der Waals surface area contributed by atoms with Gasteiger partial charge in [-0.25, -0.2) is 4.79 Å². The summed E-state index contributed by atoms with van der Waals surface area (Å²) in [6.07, 6.45) is -0.789. The molecular weight excluding hydrogens is 476 g/mol. The van der Waals surface area contributed by atoms with Gasteiger partial charge in [0.05, 0.1) is 6.07 Å². The fraction of sp³-hybridized carbons (Fsp3) is 0.407. The molecule has 8 nitrogen and oxygen atoms in total. The quantitative estimate of drug-likeness (QED) is 0.351. The zero-order valence-corrected chi connectivity index (χ0v) is 22.3. The maximum atomic E-state index is 13.6. The second-order valence-electron chi connectivity index (χ2n) is 9.53. The molecule has 0 aromatic heterocycles. The first-order valence-corrected chi connectivity index (χ1v) is 12.3. The van der Waals surface area contributed by atoms with Crippen LogP contribution >= 0.6 is 12.6 Å². The average molecular weight is 511 g/mol. The molecule has 2 N–H and O–H groups in total. The van der Waals surface area contributed by atoms with Crippen LogP contribution in [0.5, 0.6) is 0 Å². The number of benzene rings is 2. The highest BCUT2D eigenvalue weighted by molar-refractivity contribution is 7.80. The Morgan fingerprint density at radius 3 is 2.22 bits per heavy atom. The lowest BCUT2D eigenvalue weighted by molar-refractivity contribution is -0.141. The molecule has 36 heavy (non-hydrogen) atoms. The van der Waals surface area contributed by atoms with Gasteiger partial charge in [0, 0.05) is 12.3 Å². The highest BCUT2D eigenvalue weighted by Crippen LogP contribution is 2.25. The van der Waals surface area contributed by atoms with E-state index in [0.29, 0.717) is 5.56 Å². The predicted molar refractivity (Wildman–Crippen MR) is 141 cm³/mol. The summed E-state index contributed by atoms with van der Waals surface area (Å²) in [5, 5.41) is 15.0. The summed E-state index contributed by atoms with van der Waals surface area (Å²) in [6, 6.07) is 14.8. The molecule has 2 aromatic carbocycles. The molecule has 0 radical (unpaired) electrons. The zero-order valence-electron chi connectivity index (χ0n) is 21.4. The van der Waals surface area contributed by atoms with Crippen LogP contribution in [0.3, 0.4) is 0 Å². The van der Waals surface area contributed by atoms with E-state index < -0.39 is 35.6 Å². The fourth-order valence-electron chi connectivity index (χ4n) is 3.73. The second-order valence-corrected chi connectivity index (χ2v) is 9.90. The number of nitriles is 1. The van der Waals surface area contributed by atoms with Crippen molar-refractivity contribution in [2.45, 2.75) is 58.8 Å². The highest BCUT2D eigenvalue weighted by atomic mass is 32.1. The Bertz CT molecular complexity index is 1090. The molecule has 0 bridgehead atoms. The highest BCUT2D eigenvalue weighted by Gasteiger charge is 2.36. The predicted octanol–water partition coefficient (Wildman–Crippen LogP) is 3.84. The Hall–Kier alpha value is -3.51. The van der Waals surface area contributed by atoms with Gasteiger partial charge in [0.15, 0.2) is 0 Å². The molecule has 192 valence electrons. The molecule has 2 aromatic rings. The van der Waals surface area contributed by atoms with Gasteiger partial charge in [0.1, 0.15) is 24.2 Å². The number of ether oxygens (including phenoxy) is 1. The number of rotatable bonds is 9. The maximum absolute atomic E-state index is 13.6. The van der Waals surface area contributed by atoms with Crippen LogP contribution in [-0.4, -0.2) is 46.7 Å². The van der Waals surface area contributed by atoms with Crippen LogP contribution in [0.15, 0.2) is 48.5 Å². The van der Waals surface area contributed by atoms with Crippen LogP contribution in [-0.2, 0) is 20.9 Å². The normalized spacial score (nSPS) is 12.6. The summed E-state index contributed by atoms with van der Waals surface area (Å²) in [4.78, 5) is 40.7. The van der Waals surface area contributed by atoms with Gasteiger partial charge in [-0.15, -0.1) is 0 Å². The molecule has 2 atom stereocenters. The first-order valence-electron chi connectivity index (χ1n) is 11.6. The van der Waals surface area contributed by atoms with Gasteiger partial charge >= 0.3 is 6.09 Å². The van der Waals surface area contributed by atoms with E-state index in [1.165, 1.54) is 4.90 Å². The number of aryl methyl sites for hydroxylation is 2. The van der Waals surface area contributed by atoms with E-state index in [4.69, 9.17) is 4.74 Å². The van der Waals surface area contributed by atoms with E-state index >= 15 is 0 Å². The number of hydrogen-bond acceptors (Lipinski definition) is 6. The Kier molecular flexibility index (Phi) is 10.4. The number of nitrogens with one attached hydrogen (secondary N) is 2. The van der Waals surface area contributed by atoms with Crippen molar-refractivity contribution in [3.63, 3.8) is 0 Å². The molecule has 2 rings (SSSR count). The molecule has 0 saturated carbocycles. The summed E-state index contributed by atoms with van der Waals surface area (Å²) < 4.78 is 5.27. The van der Waals surface area contributed by atoms with Gasteiger partial charge in [-0.3, -0.25) is 9.59 Å². The van der Waals surface area contributed by atoms with Gasteiger partial charge < -0.3 is 20.3 Å². The number of hydrogen-bond donors (Lipinski definition) is 3. The third-order valence-corrected chi connectivity index (χ3v) is 5.49. The van der Waals surface area contributed by atoms with Crippen molar-refractivity contribution in [1.82, 2.24) is 15.5 Å². The molecule has 0 fully saturated rings. The topological polar surface area (TPSA) is 112 Å². The SMILES string of the molecule is Cc1cc(C)cc(C(C(=O)NCc2ccccc2)N(CC#N)C(=O)C(CS)NC(=O)OC(C)(C)C)c1. The Labute approximate surface area is 218 Å². The van der Waals surface area contributed by atoms with Crippen LogP contribution in [0.4, 0.5) is 4.79 Å². The van der Waals surface area contributed by atoms with Crippen LogP contribution in [0.1, 0.15) is 49.1 Å². The van der Waals surface area contributed by atoms with E-state index in [9.17, 15) is 19.6 Å². The molecule has 0 aliphatic heterocycles. The fourth-order valence-corrected chi connectivity index (χ4v) is 3.98. The third-order valence-electron chi connectivity index (χ3n) is 5.13. The third kappa shape index (κ3) is 8.61. The summed E-state index contributed by atoms with van der Waals surface area (Å²) in [5.74, 6) is -1.11. The van der Waals surface area contributed by atoms with Crippen molar-refractivity contribution >= 4 is 30.5 Å². The minimum Gasteiger partial charge on any atom is -0.444 e. The van der Waals surface area contributed by atoms with Gasteiger partial charge in [0.25, 0.3) is 0 Å². The zero-order chi connectivity index (χ0) is 26.9. The minimum absolute atomic E-state index is 0.0504. The van der Waals surface area contributed by atoms with Crippen LogP contribution in [0.2, 0.25) is 0 Å². The molecule has 0 spiro atoms. The van der Waals surface area contributed by atoms with Crippen molar-refractivity contribution in [3.05, 3.63) is 70.8 Å². The summed E-state index contributed by atoms with van der Waals surface area (Å²) in [5.41, 5.74) is 2.51. The largest absolute Gasteiger partial charge is 0.444 e. The molecule has 0 aliphatic carbocycles. The van der Waals surface area contributed by atoms with Crippen LogP contribution < -0.4 is 10.6 Å². The summed E-state index contributed by atoms with van der Waals surface area (Å²) >= 11 is 4.23. The van der Waals surface area contributed by atoms with Gasteiger partial charge in [-0.05, 0) is 45.7 Å². The van der Waals surface area contributed by atoms with Crippen molar-refractivity contribution < 1.29 is 19.1 Å². The number of carbonyl (C=O) groups excluding carboxylic acids is 3. The monoisotopic (exact) mass is 510 g/mol. The Balaban J connectivity index is 2.42. The number of amides is 3. The lowest BCUT2D eigenvalue weighted by Gasteiger charge is -2.32. The van der Waals surface area contributed by atoms with Crippen molar-refractivity contribution in [2.24, 2.45) is 0 Å². The Morgan fingerprint density at radius 2 is 1.69 bits per heavy atom. The van der Waals surface area contributed by atoms with E-state index in [0.717, 1.165) is 16.7 Å². The van der Waals surface area contributed by atoms with Crippen molar-refractivity contribution in [3.8, 4) is 6.07 Å². The van der Waals surface area contributed by atoms with E-state index in [2.05, 4.69) is 23.3 Å². The average Bonchev–Trinajstić information content (AvgIpc) is 2.79. The van der Waals surface area contributed by atoms with Crippen LogP contribution in [0, 0.1) is 25.2 Å². The molecular formula is C27H34N4O4S. The van der Waals surface area contributed by atoms with Crippen molar-refractivity contribution in [1.29, 1.82) is 5.26 Å². The molecule has 3 amide bonds. The smallest absolute Gasteiger partial charge is 0.408 e. The van der Waals surface area contributed by atoms with Gasteiger partial charge in [-0.2, -0.15) is 17.9 Å². The first kappa shape index (κ1) is 28.7. The summed E-state index contributed by atoms with van der Waals surface area (Å²) in [6.45, 7) is 8.80. The van der Waals surface area contributed by atoms with Crippen molar-refractivity contribution in [2.75, 3.05) is 12.3 Å². The lowest BCUT2D eigenvalue weighted by atomic mass is 9.98. The lowest BCUT2D eigenvalue weighted by Crippen LogP contribution is -2.53. The number of thiol groups is 1. The molecule has 0 saturated heterocycles. The molecule has 0 aliphatic rings. The Morgan fingerprint density at radius 1 is 1.08 bits per heavy atom. The van der Waals surface area contributed by atoms with Crippen LogP contribution in [0.25, 0.3) is 0 Å². The number of carbonyl (C=O) groups is 3. The molecule has 9 heteroatoms. The first-order chi connectivity index (χ1) is 16.9. The second kappa shape index (κ2) is 13.0. The van der Waals surface area contributed by atoms with Gasteiger partial charge in [-0.1, -0.05) is 59.7 Å². The number of nitrogens with zero attached hydrogens (tertiary/aromatic N) is 2. The number of alkyl carbamates (subject to hydrolysis) is 1. The summed E-state index contributed by atoms with van der Waals surface area (Å²) in [7, 11) is 0. The van der Waals surface area contributed by atoms with E-state index in [1.54, 1.807) is 20.8 Å². The maximum Gasteiger partial charge on any atom is 0.408 e. The van der Waals surface area contributed by atoms with Gasteiger partial charge in [0.2, 0.25) is 11.8 Å². The molecule has 2 unspecified atom stereocenters.